The highest BCUT2D eigenvalue weighted by atomic mass is 32.2. The summed E-state index contributed by atoms with van der Waals surface area (Å²) >= 11 is 0. The first-order valence-corrected chi connectivity index (χ1v) is 13.8. The number of benzene rings is 1. The van der Waals surface area contributed by atoms with Crippen molar-refractivity contribution in [3.8, 4) is 0 Å². The lowest BCUT2D eigenvalue weighted by atomic mass is 10.1. The molecule has 3 aromatic rings. The van der Waals surface area contributed by atoms with Crippen molar-refractivity contribution in [1.82, 2.24) is 14.5 Å². The number of hydrogen-bond acceptors (Lipinski definition) is 6. The number of amides is 1. The summed E-state index contributed by atoms with van der Waals surface area (Å²) in [5, 5.41) is -0.148. The Bertz CT molecular complexity index is 1260. The van der Waals surface area contributed by atoms with E-state index >= 15 is 0 Å². The van der Waals surface area contributed by atoms with Crippen molar-refractivity contribution in [2.24, 2.45) is 5.92 Å². The van der Waals surface area contributed by atoms with E-state index in [1.165, 1.54) is 24.4 Å². The third-order valence-electron chi connectivity index (χ3n) is 6.11. The molecule has 1 aromatic carbocycles. The largest absolute Gasteiger partial charge is 0.467 e. The molecule has 10 heteroatoms. The Morgan fingerprint density at radius 3 is 2.69 bits per heavy atom. The molecule has 36 heavy (non-hydrogen) atoms. The number of imidazole rings is 1. The van der Waals surface area contributed by atoms with Gasteiger partial charge < -0.3 is 18.6 Å². The Balaban J connectivity index is 1.67. The maximum absolute atomic E-state index is 14.2. The summed E-state index contributed by atoms with van der Waals surface area (Å²) in [7, 11) is -3.98. The van der Waals surface area contributed by atoms with Crippen LogP contribution in [0, 0.1) is 11.7 Å². The molecular formula is C26H32FN3O5S. The fraction of sp³-hybridized carbons (Fsp3) is 0.462. The van der Waals surface area contributed by atoms with Crippen LogP contribution in [0.3, 0.4) is 0 Å². The second-order valence-corrected chi connectivity index (χ2v) is 11.4. The van der Waals surface area contributed by atoms with Crippen LogP contribution in [0.2, 0.25) is 0 Å². The van der Waals surface area contributed by atoms with Crippen LogP contribution < -0.4 is 0 Å². The van der Waals surface area contributed by atoms with E-state index < -0.39 is 21.4 Å². The maximum atomic E-state index is 14.2. The topological polar surface area (TPSA) is 94.6 Å². The van der Waals surface area contributed by atoms with Gasteiger partial charge in [0.2, 0.25) is 20.9 Å². The van der Waals surface area contributed by atoms with E-state index in [0.717, 1.165) is 12.8 Å². The van der Waals surface area contributed by atoms with E-state index in [9.17, 15) is 17.6 Å². The van der Waals surface area contributed by atoms with Crippen LogP contribution >= 0.6 is 0 Å². The fourth-order valence-corrected chi connectivity index (χ4v) is 5.85. The maximum Gasteiger partial charge on any atom is 0.228 e. The molecule has 2 aromatic heterocycles. The van der Waals surface area contributed by atoms with Gasteiger partial charge in [-0.1, -0.05) is 32.0 Å². The average molecular weight is 518 g/mol. The molecular weight excluding hydrogens is 485 g/mol. The highest BCUT2D eigenvalue weighted by Gasteiger charge is 2.29. The second kappa shape index (κ2) is 11.4. The number of aromatic nitrogens is 2. The van der Waals surface area contributed by atoms with E-state index in [1.54, 1.807) is 33.9 Å². The van der Waals surface area contributed by atoms with E-state index in [4.69, 9.17) is 9.15 Å². The summed E-state index contributed by atoms with van der Waals surface area (Å²) in [4.78, 5) is 19.0. The third kappa shape index (κ3) is 6.41. The lowest BCUT2D eigenvalue weighted by molar-refractivity contribution is -0.133. The zero-order valence-electron chi connectivity index (χ0n) is 20.6. The highest BCUT2D eigenvalue weighted by Crippen LogP contribution is 2.24. The molecule has 0 N–H and O–H groups in total. The number of hydrogen-bond donors (Lipinski definition) is 0. The molecule has 0 saturated carbocycles. The van der Waals surface area contributed by atoms with Crippen molar-refractivity contribution < 1.29 is 26.8 Å². The Morgan fingerprint density at radius 1 is 1.22 bits per heavy atom. The molecule has 3 heterocycles. The molecule has 1 aliphatic heterocycles. The Hall–Kier alpha value is -2.98. The first-order chi connectivity index (χ1) is 17.2. The molecule has 8 nitrogen and oxygen atoms in total. The van der Waals surface area contributed by atoms with Crippen molar-refractivity contribution in [1.29, 1.82) is 0 Å². The summed E-state index contributed by atoms with van der Waals surface area (Å²) in [5.41, 5.74) is 0.651. The second-order valence-electron chi connectivity index (χ2n) is 9.56. The van der Waals surface area contributed by atoms with Gasteiger partial charge in [0.05, 0.1) is 49.6 Å². The molecule has 1 unspecified atom stereocenters. The normalized spacial score (nSPS) is 16.1. The van der Waals surface area contributed by atoms with Crippen LogP contribution in [0.5, 0.6) is 0 Å². The van der Waals surface area contributed by atoms with Crippen LogP contribution in [0.15, 0.2) is 58.4 Å². The Morgan fingerprint density at radius 2 is 2.03 bits per heavy atom. The van der Waals surface area contributed by atoms with Crippen LogP contribution in [-0.4, -0.2) is 41.5 Å². The van der Waals surface area contributed by atoms with Crippen LogP contribution in [-0.2, 0) is 44.8 Å². The third-order valence-corrected chi connectivity index (χ3v) is 7.68. The number of sulfone groups is 1. The quantitative estimate of drug-likeness (QED) is 0.376. The minimum absolute atomic E-state index is 0.0676. The van der Waals surface area contributed by atoms with Gasteiger partial charge in [-0.15, -0.1) is 0 Å². The predicted molar refractivity (Wildman–Crippen MR) is 131 cm³/mol. The van der Waals surface area contributed by atoms with Gasteiger partial charge in [-0.25, -0.2) is 17.8 Å². The van der Waals surface area contributed by atoms with Crippen LogP contribution in [0.4, 0.5) is 4.39 Å². The summed E-state index contributed by atoms with van der Waals surface area (Å²) < 4.78 is 53.9. The lowest BCUT2D eigenvalue weighted by Crippen LogP contribution is -2.32. The molecule has 0 radical (unpaired) electrons. The number of ether oxygens (including phenoxy) is 1. The van der Waals surface area contributed by atoms with Gasteiger partial charge in [-0.05, 0) is 37.0 Å². The molecule has 0 spiro atoms. The molecule has 1 saturated heterocycles. The van der Waals surface area contributed by atoms with Crippen molar-refractivity contribution in [2.75, 3.05) is 6.61 Å². The monoisotopic (exact) mass is 517 g/mol. The van der Waals surface area contributed by atoms with E-state index in [0.29, 0.717) is 24.5 Å². The molecule has 1 aliphatic rings. The number of carbonyl (C=O) groups excluding carboxylic acids is 1. The van der Waals surface area contributed by atoms with Gasteiger partial charge >= 0.3 is 0 Å². The minimum Gasteiger partial charge on any atom is -0.467 e. The predicted octanol–water partition coefficient (Wildman–Crippen LogP) is 4.34. The zero-order chi connectivity index (χ0) is 25.7. The molecule has 0 bridgehead atoms. The number of rotatable bonds is 11. The lowest BCUT2D eigenvalue weighted by Gasteiger charge is -2.24. The van der Waals surface area contributed by atoms with Crippen molar-refractivity contribution >= 4 is 15.7 Å². The standard InChI is InChI=1S/C26H32FN3O5S/c1-19(2)13-25(31)29(16-22-8-5-11-34-22)15-21-14-28-26(30(21)17-23-9-6-12-35-23)36(32,33)18-20-7-3-4-10-24(20)27/h3-5,7-8,10-11,14,19,23H,6,9,12-13,15-18H2,1-2H3. The number of carbonyl (C=O) groups is 1. The first kappa shape index (κ1) is 26.1. The van der Waals surface area contributed by atoms with Crippen molar-refractivity contribution in [3.05, 3.63) is 71.7 Å². The van der Waals surface area contributed by atoms with E-state index in [1.807, 2.05) is 13.8 Å². The average Bonchev–Trinajstić information content (AvgIpc) is 3.58. The summed E-state index contributed by atoms with van der Waals surface area (Å²) in [6.45, 7) is 5.25. The Kier molecular flexibility index (Phi) is 8.25. The Labute approximate surface area is 211 Å². The summed E-state index contributed by atoms with van der Waals surface area (Å²) in [6.07, 6.45) is 4.91. The van der Waals surface area contributed by atoms with Gasteiger partial charge in [0.25, 0.3) is 0 Å². The number of halogens is 1. The van der Waals surface area contributed by atoms with Crippen LogP contribution in [0.25, 0.3) is 0 Å². The molecule has 0 aliphatic carbocycles. The molecule has 1 amide bonds. The van der Waals surface area contributed by atoms with E-state index in [-0.39, 0.29) is 48.3 Å². The van der Waals surface area contributed by atoms with Gasteiger partial charge in [0.15, 0.2) is 0 Å². The fourth-order valence-electron chi connectivity index (χ4n) is 4.34. The number of nitrogens with zero attached hydrogens (tertiary/aromatic N) is 3. The number of furan rings is 1. The van der Waals surface area contributed by atoms with Gasteiger partial charge in [-0.3, -0.25) is 4.79 Å². The first-order valence-electron chi connectivity index (χ1n) is 12.1. The van der Waals surface area contributed by atoms with Crippen molar-refractivity contribution in [2.45, 2.75) is 69.8 Å². The molecule has 1 fully saturated rings. The van der Waals surface area contributed by atoms with Gasteiger partial charge in [0.1, 0.15) is 11.6 Å². The minimum atomic E-state index is -3.98. The summed E-state index contributed by atoms with van der Waals surface area (Å²) in [5.74, 6) is -0.372. The van der Waals surface area contributed by atoms with E-state index in [2.05, 4.69) is 4.98 Å². The summed E-state index contributed by atoms with van der Waals surface area (Å²) in [6, 6.07) is 9.37. The molecule has 1 atom stereocenters. The highest BCUT2D eigenvalue weighted by molar-refractivity contribution is 7.90. The zero-order valence-corrected chi connectivity index (χ0v) is 21.4. The molecule has 194 valence electrons. The van der Waals surface area contributed by atoms with Crippen LogP contribution in [0.1, 0.15) is 50.1 Å². The van der Waals surface area contributed by atoms with Gasteiger partial charge in [0, 0.05) is 18.6 Å². The smallest absolute Gasteiger partial charge is 0.228 e. The van der Waals surface area contributed by atoms with Gasteiger partial charge in [-0.2, -0.15) is 0 Å². The molecule has 4 rings (SSSR count). The SMILES string of the molecule is CC(C)CC(=O)N(Cc1ccco1)Cc1cnc(S(=O)(=O)Cc2ccccc2F)n1CC1CCCO1. The van der Waals surface area contributed by atoms with Crippen molar-refractivity contribution in [3.63, 3.8) is 0 Å².